The third kappa shape index (κ3) is 2.75. The molecule has 4 nitrogen and oxygen atoms in total. The highest BCUT2D eigenvalue weighted by molar-refractivity contribution is 6.18. The molecule has 0 N–H and O–H groups in total. The van der Waals surface area contributed by atoms with Crippen LogP contribution in [0.15, 0.2) is 23.1 Å². The van der Waals surface area contributed by atoms with Gasteiger partial charge < -0.3 is 9.47 Å². The summed E-state index contributed by atoms with van der Waals surface area (Å²) < 4.78 is 1.45. The number of alkyl halides is 1. The van der Waals surface area contributed by atoms with Gasteiger partial charge in [0, 0.05) is 43.8 Å². The molecule has 1 amide bonds. The van der Waals surface area contributed by atoms with Gasteiger partial charge in [-0.2, -0.15) is 0 Å². The number of aryl methyl sites for hydroxylation is 1. The number of pyridine rings is 1. The van der Waals surface area contributed by atoms with Gasteiger partial charge in [0.2, 0.25) is 0 Å². The monoisotopic (exact) mass is 268 g/mol. The SMILES string of the molecule is Cn1ccc(C(=O)N2CCC(CCl)CC2)cc1=O. The Morgan fingerprint density at radius 2 is 2.11 bits per heavy atom. The fraction of sp³-hybridized carbons (Fsp3) is 0.538. The maximum Gasteiger partial charge on any atom is 0.254 e. The number of aromatic nitrogens is 1. The van der Waals surface area contributed by atoms with Crippen LogP contribution in [0.4, 0.5) is 0 Å². The Hall–Kier alpha value is -1.29. The largest absolute Gasteiger partial charge is 0.339 e. The van der Waals surface area contributed by atoms with Gasteiger partial charge in [-0.25, -0.2) is 0 Å². The molecule has 1 aromatic heterocycles. The summed E-state index contributed by atoms with van der Waals surface area (Å²) in [6, 6.07) is 3.09. The molecule has 1 saturated heterocycles. The van der Waals surface area contributed by atoms with Crippen molar-refractivity contribution in [3.05, 3.63) is 34.2 Å². The molecule has 2 heterocycles. The molecule has 0 aromatic carbocycles. The van der Waals surface area contributed by atoms with E-state index in [9.17, 15) is 9.59 Å². The van der Waals surface area contributed by atoms with E-state index in [-0.39, 0.29) is 11.5 Å². The number of halogens is 1. The summed E-state index contributed by atoms with van der Waals surface area (Å²) in [7, 11) is 1.67. The summed E-state index contributed by atoms with van der Waals surface area (Å²) in [4.78, 5) is 25.5. The molecule has 1 aromatic rings. The average Bonchev–Trinajstić information content (AvgIpc) is 2.41. The van der Waals surface area contributed by atoms with Crippen LogP contribution in [-0.4, -0.2) is 34.3 Å². The zero-order valence-electron chi connectivity index (χ0n) is 10.4. The lowest BCUT2D eigenvalue weighted by molar-refractivity contribution is 0.0698. The first-order chi connectivity index (χ1) is 8.61. The van der Waals surface area contributed by atoms with Crippen LogP contribution in [0.3, 0.4) is 0 Å². The first-order valence-electron chi connectivity index (χ1n) is 6.13. The van der Waals surface area contributed by atoms with E-state index in [0.29, 0.717) is 17.4 Å². The first kappa shape index (κ1) is 13.1. The standard InChI is InChI=1S/C13H17ClN2O2/c1-15-5-4-11(8-12(15)17)13(18)16-6-2-10(9-14)3-7-16/h4-5,8,10H,2-3,6-7,9H2,1H3. The molecule has 0 spiro atoms. The summed E-state index contributed by atoms with van der Waals surface area (Å²) in [5, 5.41) is 0. The Morgan fingerprint density at radius 3 is 2.67 bits per heavy atom. The van der Waals surface area contributed by atoms with Crippen LogP contribution >= 0.6 is 11.6 Å². The molecule has 0 radical (unpaired) electrons. The smallest absolute Gasteiger partial charge is 0.254 e. The number of hydrogen-bond donors (Lipinski definition) is 0. The lowest BCUT2D eigenvalue weighted by Gasteiger charge is -2.31. The zero-order chi connectivity index (χ0) is 13.1. The van der Waals surface area contributed by atoms with E-state index in [4.69, 9.17) is 11.6 Å². The highest BCUT2D eigenvalue weighted by Gasteiger charge is 2.23. The molecule has 1 aliphatic rings. The summed E-state index contributed by atoms with van der Waals surface area (Å²) in [5.74, 6) is 1.12. The van der Waals surface area contributed by atoms with E-state index >= 15 is 0 Å². The van der Waals surface area contributed by atoms with E-state index in [1.807, 2.05) is 0 Å². The quantitative estimate of drug-likeness (QED) is 0.763. The van der Waals surface area contributed by atoms with Crippen LogP contribution in [0.5, 0.6) is 0 Å². The van der Waals surface area contributed by atoms with Gasteiger partial charge in [-0.05, 0) is 24.8 Å². The predicted molar refractivity (Wildman–Crippen MR) is 71.0 cm³/mol. The van der Waals surface area contributed by atoms with Gasteiger partial charge in [0.1, 0.15) is 0 Å². The van der Waals surface area contributed by atoms with Crippen LogP contribution in [-0.2, 0) is 7.05 Å². The third-order valence-corrected chi connectivity index (χ3v) is 3.91. The van der Waals surface area contributed by atoms with Gasteiger partial charge in [0.25, 0.3) is 11.5 Å². The average molecular weight is 269 g/mol. The van der Waals surface area contributed by atoms with Crippen molar-refractivity contribution in [2.24, 2.45) is 13.0 Å². The number of amides is 1. The number of rotatable bonds is 2. The third-order valence-electron chi connectivity index (χ3n) is 3.47. The summed E-state index contributed by atoms with van der Waals surface area (Å²) in [5.41, 5.74) is 0.318. The number of nitrogens with zero attached hydrogens (tertiary/aromatic N) is 2. The Morgan fingerprint density at radius 1 is 1.44 bits per heavy atom. The van der Waals surface area contributed by atoms with Crippen molar-refractivity contribution >= 4 is 17.5 Å². The van der Waals surface area contributed by atoms with Crippen LogP contribution in [0, 0.1) is 5.92 Å². The minimum atomic E-state index is -0.156. The molecular weight excluding hydrogens is 252 g/mol. The first-order valence-corrected chi connectivity index (χ1v) is 6.67. The van der Waals surface area contributed by atoms with E-state index < -0.39 is 0 Å². The van der Waals surface area contributed by atoms with Crippen molar-refractivity contribution in [2.45, 2.75) is 12.8 Å². The zero-order valence-corrected chi connectivity index (χ0v) is 11.2. The fourth-order valence-electron chi connectivity index (χ4n) is 2.15. The summed E-state index contributed by atoms with van der Waals surface area (Å²) in [6.07, 6.45) is 3.52. The second kappa shape index (κ2) is 5.57. The normalized spacial score (nSPS) is 16.9. The molecule has 0 atom stereocenters. The van der Waals surface area contributed by atoms with E-state index in [2.05, 4.69) is 0 Å². The predicted octanol–water partition coefficient (Wildman–Crippen LogP) is 1.48. The second-order valence-electron chi connectivity index (χ2n) is 4.75. The van der Waals surface area contributed by atoms with Gasteiger partial charge in [-0.1, -0.05) is 0 Å². The lowest BCUT2D eigenvalue weighted by atomic mass is 9.98. The van der Waals surface area contributed by atoms with Gasteiger partial charge in [0.15, 0.2) is 0 Å². The molecule has 18 heavy (non-hydrogen) atoms. The Kier molecular flexibility index (Phi) is 4.07. The van der Waals surface area contributed by atoms with Gasteiger partial charge in [-0.3, -0.25) is 9.59 Å². The molecule has 0 unspecified atom stereocenters. The molecule has 2 rings (SSSR count). The van der Waals surface area contributed by atoms with E-state index in [0.717, 1.165) is 25.9 Å². The number of likely N-dealkylation sites (tertiary alicyclic amines) is 1. The number of carbonyl (C=O) groups excluding carboxylic acids is 1. The fourth-order valence-corrected chi connectivity index (χ4v) is 2.46. The molecule has 0 bridgehead atoms. The molecule has 0 saturated carbocycles. The van der Waals surface area contributed by atoms with Gasteiger partial charge >= 0.3 is 0 Å². The van der Waals surface area contributed by atoms with Crippen molar-refractivity contribution < 1.29 is 4.79 Å². The van der Waals surface area contributed by atoms with Crippen LogP contribution < -0.4 is 5.56 Å². The highest BCUT2D eigenvalue weighted by atomic mass is 35.5. The second-order valence-corrected chi connectivity index (χ2v) is 5.06. The Balaban J connectivity index is 2.08. The minimum Gasteiger partial charge on any atom is -0.339 e. The molecule has 1 aliphatic heterocycles. The number of piperidine rings is 1. The highest BCUT2D eigenvalue weighted by Crippen LogP contribution is 2.19. The molecule has 98 valence electrons. The Bertz CT molecular complexity index is 490. The van der Waals surface area contributed by atoms with E-state index in [1.54, 1.807) is 24.2 Å². The number of carbonyl (C=O) groups is 1. The maximum atomic E-state index is 12.2. The van der Waals surface area contributed by atoms with Crippen molar-refractivity contribution in [3.8, 4) is 0 Å². The molecule has 0 aliphatic carbocycles. The maximum absolute atomic E-state index is 12.2. The van der Waals surface area contributed by atoms with Crippen molar-refractivity contribution in [3.63, 3.8) is 0 Å². The lowest BCUT2D eigenvalue weighted by Crippen LogP contribution is -2.39. The number of hydrogen-bond acceptors (Lipinski definition) is 2. The van der Waals surface area contributed by atoms with Crippen LogP contribution in [0.2, 0.25) is 0 Å². The van der Waals surface area contributed by atoms with Crippen molar-refractivity contribution in [1.82, 2.24) is 9.47 Å². The van der Waals surface area contributed by atoms with Crippen LogP contribution in [0.1, 0.15) is 23.2 Å². The minimum absolute atomic E-state index is 0.0549. The topological polar surface area (TPSA) is 42.3 Å². The molecule has 5 heteroatoms. The summed E-state index contributed by atoms with van der Waals surface area (Å²) in [6.45, 7) is 1.46. The van der Waals surface area contributed by atoms with E-state index in [1.165, 1.54) is 10.6 Å². The Labute approximate surface area is 111 Å². The van der Waals surface area contributed by atoms with Gasteiger partial charge in [0.05, 0.1) is 0 Å². The molecular formula is C13H17ClN2O2. The van der Waals surface area contributed by atoms with Crippen molar-refractivity contribution in [2.75, 3.05) is 19.0 Å². The van der Waals surface area contributed by atoms with Gasteiger partial charge in [-0.15, -0.1) is 11.6 Å². The van der Waals surface area contributed by atoms with Crippen LogP contribution in [0.25, 0.3) is 0 Å². The van der Waals surface area contributed by atoms with Crippen molar-refractivity contribution in [1.29, 1.82) is 0 Å². The summed E-state index contributed by atoms with van der Waals surface area (Å²) >= 11 is 5.82. The molecule has 1 fully saturated rings.